The van der Waals surface area contributed by atoms with Crippen LogP contribution < -0.4 is 20.4 Å². The second-order valence-electron chi connectivity index (χ2n) is 17.0. The summed E-state index contributed by atoms with van der Waals surface area (Å²) < 4.78 is 31.1. The molecule has 0 saturated carbocycles. The van der Waals surface area contributed by atoms with Crippen LogP contribution in [0.5, 0.6) is 11.5 Å². The highest BCUT2D eigenvalue weighted by atomic mass is 16.5. The number of hydrogen-bond donors (Lipinski definition) is 0. The molecule has 0 radical (unpaired) electrons. The average Bonchev–Trinajstić information content (AvgIpc) is 3.30. The first-order chi connectivity index (χ1) is 30.7. The van der Waals surface area contributed by atoms with Gasteiger partial charge in [-0.2, -0.15) is 0 Å². The van der Waals surface area contributed by atoms with Crippen LogP contribution in [0, 0.1) is 0 Å². The Kier molecular flexibility index (Phi) is 19.0. The number of hydrogen-bond acceptors (Lipinski definition) is 8. The smallest absolute Gasteiger partial charge is 0.308 e. The van der Waals surface area contributed by atoms with E-state index in [1.54, 1.807) is 0 Å². The summed E-state index contributed by atoms with van der Waals surface area (Å²) in [5, 5.41) is 0. The molecule has 2 atom stereocenters. The van der Waals surface area contributed by atoms with Gasteiger partial charge in [0.1, 0.15) is 24.7 Å². The van der Waals surface area contributed by atoms with Gasteiger partial charge < -0.3 is 38.1 Å². The third-order valence-electron chi connectivity index (χ3n) is 11.2. The van der Waals surface area contributed by atoms with Crippen LogP contribution in [-0.4, -0.2) is 105 Å². The van der Waals surface area contributed by atoms with Crippen molar-refractivity contribution in [2.45, 2.75) is 37.9 Å². The van der Waals surface area contributed by atoms with E-state index in [4.69, 9.17) is 23.4 Å². The van der Waals surface area contributed by atoms with Gasteiger partial charge in [-0.15, -0.1) is 0 Å². The van der Waals surface area contributed by atoms with E-state index in [-0.39, 0.29) is 19.0 Å². The van der Waals surface area contributed by atoms with Crippen LogP contribution in [0.15, 0.2) is 158 Å². The minimum atomic E-state index is 0.0349. The van der Waals surface area contributed by atoms with E-state index in [0.29, 0.717) is 48.0 Å². The van der Waals surface area contributed by atoms with Crippen molar-refractivity contribution in [3.63, 3.8) is 0 Å². The lowest BCUT2D eigenvalue weighted by Crippen LogP contribution is -2.29. The van der Waals surface area contributed by atoms with Gasteiger partial charge in [0, 0.05) is 26.4 Å². The van der Waals surface area contributed by atoms with Gasteiger partial charge >= 0.3 is 21.9 Å². The zero-order valence-electron chi connectivity index (χ0n) is 38.2. The standard InChI is InChI=1S/C52H64B3N3O5/c1-56(2)33-34-63-55(35-41-21-29-49(30-22-41)59-37-43-17-25-47(26-18-43)53-61-39-51(57(3)4)45-13-9-7-10-14-45)36-42-23-31-50(32-24-42)60-38-44-19-27-48(28-20-44)54-62-40-52(58(5)6)46-15-11-8-12-16-46/h7-32,51-54H,33-40H2,1-6H3. The number of ether oxygens (including phenoxy) is 2. The highest BCUT2D eigenvalue weighted by Crippen LogP contribution is 2.21. The Morgan fingerprint density at radius 2 is 0.841 bits per heavy atom. The van der Waals surface area contributed by atoms with E-state index in [2.05, 4.69) is 203 Å². The zero-order valence-corrected chi connectivity index (χ0v) is 38.2. The largest absolute Gasteiger partial charge is 0.489 e. The molecule has 0 bridgehead atoms. The number of rotatable bonds is 26. The number of benzene rings is 6. The monoisotopic (exact) mass is 844 g/mol. The summed E-state index contributed by atoms with van der Waals surface area (Å²) in [5.74, 6) is 1.69. The quantitative estimate of drug-likeness (QED) is 0.0550. The number of nitrogens with zero attached hydrogens (tertiary/aromatic N) is 3. The molecule has 0 saturated heterocycles. The molecule has 0 aromatic heterocycles. The molecule has 0 fully saturated rings. The van der Waals surface area contributed by atoms with Crippen molar-refractivity contribution in [1.82, 2.24) is 14.7 Å². The molecule has 0 N–H and O–H groups in total. The molecule has 63 heavy (non-hydrogen) atoms. The molecular formula is C52H64B3N3O5. The van der Waals surface area contributed by atoms with Gasteiger partial charge in [-0.1, -0.05) is 156 Å². The molecule has 326 valence electrons. The van der Waals surface area contributed by atoms with Crippen LogP contribution in [0.25, 0.3) is 0 Å². The molecule has 6 aromatic rings. The molecule has 0 aliphatic heterocycles. The van der Waals surface area contributed by atoms with Gasteiger partial charge in [0.2, 0.25) is 0 Å². The second-order valence-corrected chi connectivity index (χ2v) is 17.0. The van der Waals surface area contributed by atoms with Crippen LogP contribution in [0.1, 0.15) is 45.5 Å². The van der Waals surface area contributed by atoms with Crippen molar-refractivity contribution >= 4 is 32.8 Å². The Bertz CT molecular complexity index is 2010. The SMILES string of the molecule is CN(C)CCOB(Cc1ccc(OCc2ccc(BOCC(c3ccccc3)N(C)C)cc2)cc1)Cc1ccc(OCc2ccc(BOCC(c3ccccc3)N(C)C)cc2)cc1. The minimum Gasteiger partial charge on any atom is -0.489 e. The van der Waals surface area contributed by atoms with E-state index in [1.165, 1.54) is 22.3 Å². The lowest BCUT2D eigenvalue weighted by Gasteiger charge is -2.24. The predicted octanol–water partition coefficient (Wildman–Crippen LogP) is 6.87. The Hall–Kier alpha value is -5.13. The summed E-state index contributed by atoms with van der Waals surface area (Å²) in [6, 6.07) is 55.2. The summed E-state index contributed by atoms with van der Waals surface area (Å²) in [6.45, 7) is 3.84. The maximum Gasteiger partial charge on any atom is 0.308 e. The highest BCUT2D eigenvalue weighted by Gasteiger charge is 2.19. The zero-order chi connectivity index (χ0) is 44.2. The van der Waals surface area contributed by atoms with Crippen LogP contribution in [-0.2, 0) is 39.8 Å². The van der Waals surface area contributed by atoms with Crippen molar-refractivity contribution in [3.05, 3.63) is 191 Å². The maximum atomic E-state index is 6.46. The van der Waals surface area contributed by atoms with Crippen molar-refractivity contribution in [1.29, 1.82) is 0 Å². The third kappa shape index (κ3) is 16.2. The maximum absolute atomic E-state index is 6.46. The molecule has 8 nitrogen and oxygen atoms in total. The Labute approximate surface area is 378 Å². The molecule has 6 rings (SSSR count). The Morgan fingerprint density at radius 3 is 1.21 bits per heavy atom. The van der Waals surface area contributed by atoms with Crippen LogP contribution in [0.4, 0.5) is 0 Å². The van der Waals surface area contributed by atoms with Crippen LogP contribution in [0.3, 0.4) is 0 Å². The fourth-order valence-electron chi connectivity index (χ4n) is 7.37. The summed E-state index contributed by atoms with van der Waals surface area (Å²) in [4.78, 5) is 6.55. The first kappa shape index (κ1) is 47.4. The molecule has 0 amide bonds. The highest BCUT2D eigenvalue weighted by molar-refractivity contribution is 6.50. The minimum absolute atomic E-state index is 0.0349. The van der Waals surface area contributed by atoms with E-state index >= 15 is 0 Å². The third-order valence-corrected chi connectivity index (χ3v) is 11.2. The van der Waals surface area contributed by atoms with Crippen molar-refractivity contribution in [3.8, 4) is 11.5 Å². The van der Waals surface area contributed by atoms with Crippen LogP contribution >= 0.6 is 0 Å². The summed E-state index contributed by atoms with van der Waals surface area (Å²) in [6.07, 6.45) is 1.61. The molecule has 6 aromatic carbocycles. The fraction of sp³-hybridized carbons (Fsp3) is 0.308. The Balaban J connectivity index is 0.930. The Morgan fingerprint density at radius 1 is 0.460 bits per heavy atom. The van der Waals surface area contributed by atoms with Crippen molar-refractivity contribution < 1.29 is 23.4 Å². The van der Waals surface area contributed by atoms with Gasteiger partial charge in [0.15, 0.2) is 0 Å². The van der Waals surface area contributed by atoms with Crippen molar-refractivity contribution in [2.24, 2.45) is 0 Å². The van der Waals surface area contributed by atoms with Gasteiger partial charge in [-0.3, -0.25) is 0 Å². The van der Waals surface area contributed by atoms with Gasteiger partial charge in [0.05, 0.1) is 12.1 Å². The van der Waals surface area contributed by atoms with Crippen LogP contribution in [0.2, 0.25) is 0 Å². The normalized spacial score (nSPS) is 12.3. The average molecular weight is 844 g/mol. The molecule has 0 aliphatic rings. The first-order valence-electron chi connectivity index (χ1n) is 22.1. The fourth-order valence-corrected chi connectivity index (χ4v) is 7.37. The molecule has 0 spiro atoms. The van der Waals surface area contributed by atoms with E-state index < -0.39 is 0 Å². The second kappa shape index (κ2) is 25.2. The summed E-state index contributed by atoms with van der Waals surface area (Å²) in [7, 11) is 13.7. The summed E-state index contributed by atoms with van der Waals surface area (Å²) >= 11 is 0. The molecule has 11 heteroatoms. The predicted molar refractivity (Wildman–Crippen MR) is 263 cm³/mol. The molecular weight excluding hydrogens is 779 g/mol. The number of likely N-dealkylation sites (N-methyl/N-ethyl adjacent to an activating group) is 3. The van der Waals surface area contributed by atoms with E-state index in [0.717, 1.165) is 52.7 Å². The lowest BCUT2D eigenvalue weighted by atomic mass is 9.58. The molecule has 0 aliphatic carbocycles. The molecule has 2 unspecified atom stereocenters. The van der Waals surface area contributed by atoms with E-state index in [9.17, 15) is 0 Å². The first-order valence-corrected chi connectivity index (χ1v) is 22.1. The molecule has 0 heterocycles. The topological polar surface area (TPSA) is 55.9 Å². The van der Waals surface area contributed by atoms with Gasteiger partial charge in [-0.05, 0) is 101 Å². The van der Waals surface area contributed by atoms with Gasteiger partial charge in [-0.25, -0.2) is 0 Å². The lowest BCUT2D eigenvalue weighted by molar-refractivity contribution is 0.194. The van der Waals surface area contributed by atoms with Gasteiger partial charge in [0.25, 0.3) is 0 Å². The van der Waals surface area contributed by atoms with E-state index in [1.807, 2.05) is 12.1 Å². The summed E-state index contributed by atoms with van der Waals surface area (Å²) in [5.41, 5.74) is 9.48. The van der Waals surface area contributed by atoms with Crippen molar-refractivity contribution in [2.75, 3.05) is 68.7 Å².